The number of ether oxygens (including phenoxy) is 1. The van der Waals surface area contributed by atoms with Crippen LogP contribution in [0.4, 0.5) is 9.52 Å². The third kappa shape index (κ3) is 3.99. The number of halogens is 1. The summed E-state index contributed by atoms with van der Waals surface area (Å²) in [7, 11) is 1.54. The van der Waals surface area contributed by atoms with E-state index in [1.54, 1.807) is 19.2 Å². The van der Waals surface area contributed by atoms with Gasteiger partial charge in [-0.1, -0.05) is 23.5 Å². The lowest BCUT2D eigenvalue weighted by Gasteiger charge is -2.06. The number of aryl methyl sites for hydroxylation is 1. The monoisotopic (exact) mass is 445 g/mol. The first kappa shape index (κ1) is 20.3. The van der Waals surface area contributed by atoms with Crippen LogP contribution in [0.1, 0.15) is 9.88 Å². The number of nitrogens with zero attached hydrogens (tertiary/aromatic N) is 4. The Morgan fingerprint density at radius 3 is 2.73 bits per heavy atom. The zero-order valence-electron chi connectivity index (χ0n) is 16.0. The summed E-state index contributed by atoms with van der Waals surface area (Å²) in [5.74, 6) is -0.776. The van der Waals surface area contributed by atoms with Gasteiger partial charge in [-0.15, -0.1) is 21.5 Å². The highest BCUT2D eigenvalue weighted by Gasteiger charge is 2.18. The third-order valence-electron chi connectivity index (χ3n) is 4.28. The van der Waals surface area contributed by atoms with Gasteiger partial charge < -0.3 is 4.74 Å². The van der Waals surface area contributed by atoms with Gasteiger partial charge in [-0.3, -0.25) is 19.5 Å². The fourth-order valence-corrected chi connectivity index (χ4v) is 4.75. The minimum Gasteiger partial charge on any atom is -0.377 e. The fraction of sp³-hybridized carbons (Fsp3) is 0.211. The van der Waals surface area contributed by atoms with E-state index in [9.17, 15) is 14.0 Å². The molecule has 0 aliphatic rings. The minimum atomic E-state index is -0.423. The van der Waals surface area contributed by atoms with Crippen LogP contribution in [0, 0.1) is 12.7 Å². The highest BCUT2D eigenvalue weighted by atomic mass is 32.1. The zero-order valence-corrected chi connectivity index (χ0v) is 17.6. The molecular formula is C19H16FN5O3S2. The van der Waals surface area contributed by atoms with Gasteiger partial charge in [0.2, 0.25) is 11.0 Å². The molecule has 0 unspecified atom stereocenters. The van der Waals surface area contributed by atoms with Gasteiger partial charge in [-0.2, -0.15) is 0 Å². The number of rotatable bonds is 6. The second-order valence-electron chi connectivity index (χ2n) is 6.38. The average Bonchev–Trinajstić information content (AvgIpc) is 3.29. The van der Waals surface area contributed by atoms with E-state index in [4.69, 9.17) is 4.74 Å². The molecule has 154 valence electrons. The molecular weight excluding hydrogens is 429 g/mol. The Hall–Kier alpha value is -3.02. The van der Waals surface area contributed by atoms with Gasteiger partial charge in [0.25, 0.3) is 5.56 Å². The Labute approximate surface area is 178 Å². The first-order valence-corrected chi connectivity index (χ1v) is 10.4. The number of thiophene rings is 1. The maximum atomic E-state index is 13.3. The molecule has 1 N–H and O–H groups in total. The Morgan fingerprint density at radius 2 is 2.00 bits per heavy atom. The molecule has 0 radical (unpaired) electrons. The van der Waals surface area contributed by atoms with Crippen molar-refractivity contribution in [2.45, 2.75) is 20.1 Å². The summed E-state index contributed by atoms with van der Waals surface area (Å²) in [5, 5.41) is 11.8. The Bertz CT molecular complexity index is 1280. The van der Waals surface area contributed by atoms with Crippen LogP contribution in [-0.2, 0) is 22.7 Å². The second kappa shape index (κ2) is 8.38. The smallest absolute Gasteiger partial charge is 0.263 e. The van der Waals surface area contributed by atoms with Crippen molar-refractivity contribution in [3.05, 3.63) is 56.6 Å². The molecule has 11 heteroatoms. The van der Waals surface area contributed by atoms with E-state index in [1.165, 1.54) is 45.7 Å². The normalized spacial score (nSPS) is 11.2. The van der Waals surface area contributed by atoms with Gasteiger partial charge in [0.15, 0.2) is 0 Å². The molecule has 0 saturated carbocycles. The highest BCUT2D eigenvalue weighted by molar-refractivity contribution is 7.19. The largest absolute Gasteiger partial charge is 0.377 e. The summed E-state index contributed by atoms with van der Waals surface area (Å²) in [4.78, 5) is 31.3. The number of aromatic nitrogens is 4. The van der Waals surface area contributed by atoms with Crippen LogP contribution in [0.2, 0.25) is 0 Å². The predicted octanol–water partition coefficient (Wildman–Crippen LogP) is 3.21. The molecule has 1 aromatic carbocycles. The van der Waals surface area contributed by atoms with Crippen LogP contribution in [-0.4, -0.2) is 32.8 Å². The van der Waals surface area contributed by atoms with E-state index >= 15 is 0 Å². The quantitative estimate of drug-likeness (QED) is 0.489. The molecule has 0 spiro atoms. The first-order chi connectivity index (χ1) is 14.5. The van der Waals surface area contributed by atoms with Crippen molar-refractivity contribution in [1.82, 2.24) is 19.7 Å². The van der Waals surface area contributed by atoms with E-state index < -0.39 is 5.91 Å². The molecule has 0 aliphatic carbocycles. The Morgan fingerprint density at radius 1 is 1.23 bits per heavy atom. The number of carbonyl (C=O) groups is 1. The maximum absolute atomic E-state index is 13.3. The van der Waals surface area contributed by atoms with E-state index in [0.29, 0.717) is 32.5 Å². The summed E-state index contributed by atoms with van der Waals surface area (Å²) in [5.41, 5.74) is 1.09. The predicted molar refractivity (Wildman–Crippen MR) is 113 cm³/mol. The van der Waals surface area contributed by atoms with Crippen molar-refractivity contribution in [1.29, 1.82) is 0 Å². The van der Waals surface area contributed by atoms with Crippen molar-refractivity contribution in [2.75, 3.05) is 12.4 Å². The fourth-order valence-electron chi connectivity index (χ4n) is 3.01. The molecule has 0 aliphatic heterocycles. The van der Waals surface area contributed by atoms with E-state index in [-0.39, 0.29) is 17.9 Å². The third-order valence-corrected chi connectivity index (χ3v) is 6.11. The average molecular weight is 446 g/mol. The lowest BCUT2D eigenvalue weighted by molar-refractivity contribution is -0.116. The summed E-state index contributed by atoms with van der Waals surface area (Å²) in [6.45, 7) is 1.96. The molecule has 0 fully saturated rings. The summed E-state index contributed by atoms with van der Waals surface area (Å²) in [6, 6.07) is 5.95. The number of carbonyl (C=O) groups excluding carboxylic acids is 1. The van der Waals surface area contributed by atoms with Crippen LogP contribution in [0.15, 0.2) is 35.4 Å². The van der Waals surface area contributed by atoms with E-state index in [0.717, 1.165) is 10.4 Å². The number of amides is 1. The van der Waals surface area contributed by atoms with Gasteiger partial charge in [0.05, 0.1) is 11.7 Å². The van der Waals surface area contributed by atoms with Crippen LogP contribution in [0.5, 0.6) is 0 Å². The van der Waals surface area contributed by atoms with Crippen molar-refractivity contribution in [3.8, 4) is 11.1 Å². The number of benzene rings is 1. The second-order valence-corrected chi connectivity index (χ2v) is 8.65. The first-order valence-electron chi connectivity index (χ1n) is 8.82. The van der Waals surface area contributed by atoms with Crippen LogP contribution in [0.3, 0.4) is 0 Å². The molecule has 0 atom stereocenters. The Kier molecular flexibility index (Phi) is 5.66. The molecule has 4 rings (SSSR count). The minimum absolute atomic E-state index is 0.223. The number of anilines is 1. The number of fused-ring (bicyclic) bond motifs is 1. The van der Waals surface area contributed by atoms with Crippen molar-refractivity contribution in [2.24, 2.45) is 0 Å². The maximum Gasteiger partial charge on any atom is 0.263 e. The summed E-state index contributed by atoms with van der Waals surface area (Å²) < 4.78 is 19.5. The van der Waals surface area contributed by atoms with E-state index in [1.807, 2.05) is 6.92 Å². The lowest BCUT2D eigenvalue weighted by Crippen LogP contribution is -2.27. The van der Waals surface area contributed by atoms with Gasteiger partial charge in [-0.25, -0.2) is 9.37 Å². The van der Waals surface area contributed by atoms with Crippen LogP contribution < -0.4 is 10.9 Å². The zero-order chi connectivity index (χ0) is 21.3. The summed E-state index contributed by atoms with van der Waals surface area (Å²) >= 11 is 2.58. The van der Waals surface area contributed by atoms with Crippen molar-refractivity contribution < 1.29 is 13.9 Å². The van der Waals surface area contributed by atoms with Crippen LogP contribution >= 0.6 is 22.7 Å². The number of hydrogen-bond donors (Lipinski definition) is 1. The molecule has 3 heterocycles. The summed E-state index contributed by atoms with van der Waals surface area (Å²) in [6.07, 6.45) is 1.35. The van der Waals surface area contributed by atoms with Gasteiger partial charge >= 0.3 is 0 Å². The van der Waals surface area contributed by atoms with Crippen molar-refractivity contribution in [3.63, 3.8) is 0 Å². The molecule has 3 aromatic heterocycles. The van der Waals surface area contributed by atoms with E-state index in [2.05, 4.69) is 20.5 Å². The SMILES string of the molecule is COCc1nnc(NC(=O)Cn2cnc3sc(C)c(-c4ccc(F)cc4)c3c2=O)s1. The van der Waals surface area contributed by atoms with Crippen LogP contribution in [0.25, 0.3) is 21.3 Å². The Balaban J connectivity index is 1.64. The van der Waals surface area contributed by atoms with Gasteiger partial charge in [-0.05, 0) is 24.6 Å². The molecule has 30 heavy (non-hydrogen) atoms. The molecule has 0 saturated heterocycles. The topological polar surface area (TPSA) is 99.0 Å². The number of nitrogens with one attached hydrogen (secondary N) is 1. The molecule has 4 aromatic rings. The van der Waals surface area contributed by atoms with Gasteiger partial charge in [0, 0.05) is 17.6 Å². The highest BCUT2D eigenvalue weighted by Crippen LogP contribution is 2.35. The van der Waals surface area contributed by atoms with Crippen molar-refractivity contribution >= 4 is 43.9 Å². The number of hydrogen-bond acceptors (Lipinski definition) is 8. The van der Waals surface area contributed by atoms with Gasteiger partial charge in [0.1, 0.15) is 28.8 Å². The standard InChI is InChI=1S/C19H16FN5O3S2/c1-10-15(11-3-5-12(20)6-4-11)16-17(29-10)21-9-25(18(16)27)7-13(26)22-19-24-23-14(30-19)8-28-2/h3-6,9H,7-8H2,1-2H3,(H,22,24,26). The molecule has 0 bridgehead atoms. The number of methoxy groups -OCH3 is 1. The molecule has 1 amide bonds. The lowest BCUT2D eigenvalue weighted by atomic mass is 10.0. The molecule has 8 nitrogen and oxygen atoms in total.